The molecule has 0 spiro atoms. The van der Waals surface area contributed by atoms with E-state index in [-0.39, 0.29) is 12.0 Å². The minimum atomic E-state index is 0.192. The van der Waals surface area contributed by atoms with Crippen LogP contribution in [0.5, 0.6) is 23.0 Å². The van der Waals surface area contributed by atoms with E-state index in [9.17, 15) is 0 Å². The van der Waals surface area contributed by atoms with Gasteiger partial charge in [0.1, 0.15) is 0 Å². The first kappa shape index (κ1) is 23.7. The number of unbranched alkanes of at least 4 members (excludes halogenated alkanes) is 1. The van der Waals surface area contributed by atoms with Crippen molar-refractivity contribution in [3.05, 3.63) is 47.0 Å². The van der Waals surface area contributed by atoms with Gasteiger partial charge in [-0.3, -0.25) is 4.90 Å². The topological polar surface area (TPSA) is 66.2 Å². The Labute approximate surface area is 198 Å². The quantitative estimate of drug-likeness (QED) is 0.621. The third kappa shape index (κ3) is 4.51. The van der Waals surface area contributed by atoms with Crippen LogP contribution >= 0.6 is 0 Å². The molecule has 1 fully saturated rings. The van der Waals surface area contributed by atoms with Gasteiger partial charge in [0.2, 0.25) is 0 Å². The zero-order valence-electron chi connectivity index (χ0n) is 20.6. The smallest absolute Gasteiger partial charge is 0.161 e. The molecule has 2 heterocycles. The Kier molecular flexibility index (Phi) is 7.35. The minimum Gasteiger partial charge on any atom is -0.493 e. The molecule has 0 amide bonds. The van der Waals surface area contributed by atoms with Gasteiger partial charge in [0.05, 0.1) is 28.4 Å². The van der Waals surface area contributed by atoms with Crippen LogP contribution in [0.4, 0.5) is 0 Å². The van der Waals surface area contributed by atoms with Crippen LogP contribution in [0.1, 0.15) is 61.3 Å². The van der Waals surface area contributed by atoms with Gasteiger partial charge >= 0.3 is 0 Å². The average molecular weight is 455 g/mol. The molecule has 0 aliphatic carbocycles. The van der Waals surface area contributed by atoms with Crippen molar-refractivity contribution in [2.75, 3.05) is 41.5 Å². The van der Waals surface area contributed by atoms with Crippen molar-refractivity contribution in [3.63, 3.8) is 0 Å². The summed E-state index contributed by atoms with van der Waals surface area (Å²) in [6, 6.07) is 11.1. The van der Waals surface area contributed by atoms with E-state index in [2.05, 4.69) is 36.1 Å². The van der Waals surface area contributed by atoms with Gasteiger partial charge in [-0.15, -0.1) is 0 Å². The lowest BCUT2D eigenvalue weighted by Gasteiger charge is -2.48. The maximum atomic E-state index is 6.71. The molecule has 1 saturated heterocycles. The van der Waals surface area contributed by atoms with Crippen LogP contribution in [0, 0.1) is 5.92 Å². The van der Waals surface area contributed by atoms with Gasteiger partial charge in [-0.05, 0) is 59.7 Å². The van der Waals surface area contributed by atoms with E-state index in [1.807, 2.05) is 6.07 Å². The number of hydrogen-bond donors (Lipinski definition) is 1. The lowest BCUT2D eigenvalue weighted by Crippen LogP contribution is -2.51. The first-order valence-corrected chi connectivity index (χ1v) is 12.0. The second kappa shape index (κ2) is 10.2. The Morgan fingerprint density at radius 2 is 1.48 bits per heavy atom. The van der Waals surface area contributed by atoms with Gasteiger partial charge in [-0.25, -0.2) is 0 Å². The number of hydrogen-bond acceptors (Lipinski definition) is 6. The summed E-state index contributed by atoms with van der Waals surface area (Å²) >= 11 is 0. The van der Waals surface area contributed by atoms with Crippen molar-refractivity contribution in [2.24, 2.45) is 11.7 Å². The third-order valence-electron chi connectivity index (χ3n) is 7.49. The third-order valence-corrected chi connectivity index (χ3v) is 7.49. The predicted molar refractivity (Wildman–Crippen MR) is 131 cm³/mol. The lowest BCUT2D eigenvalue weighted by molar-refractivity contribution is 0.0728. The molecule has 6 heteroatoms. The highest BCUT2D eigenvalue weighted by Gasteiger charge is 2.41. The molecule has 6 nitrogen and oxygen atoms in total. The Bertz CT molecular complexity index is 963. The van der Waals surface area contributed by atoms with E-state index < -0.39 is 0 Å². The molecule has 2 aliphatic heterocycles. The van der Waals surface area contributed by atoms with E-state index in [1.54, 1.807) is 28.4 Å². The molecule has 0 aromatic heterocycles. The first-order valence-electron chi connectivity index (χ1n) is 12.0. The lowest BCUT2D eigenvalue weighted by atomic mass is 9.75. The van der Waals surface area contributed by atoms with Crippen LogP contribution in [0.3, 0.4) is 0 Å². The summed E-state index contributed by atoms with van der Waals surface area (Å²) in [5, 5.41) is 0. The van der Waals surface area contributed by atoms with Crippen molar-refractivity contribution in [1.29, 1.82) is 0 Å². The first-order chi connectivity index (χ1) is 16.0. The molecule has 33 heavy (non-hydrogen) atoms. The maximum absolute atomic E-state index is 6.71. The average Bonchev–Trinajstić information content (AvgIpc) is 2.85. The fourth-order valence-corrected chi connectivity index (χ4v) is 5.65. The molecule has 2 aromatic carbocycles. The van der Waals surface area contributed by atoms with Crippen molar-refractivity contribution >= 4 is 0 Å². The second-order valence-electron chi connectivity index (χ2n) is 9.27. The Morgan fingerprint density at radius 1 is 0.848 bits per heavy atom. The molecular formula is C27H38N2O4. The molecule has 2 N–H and O–H groups in total. The number of piperidine rings is 1. The number of nitrogens with two attached hydrogens (primary N) is 1. The van der Waals surface area contributed by atoms with E-state index in [0.717, 1.165) is 42.5 Å². The number of benzene rings is 2. The minimum absolute atomic E-state index is 0.192. The zero-order chi connectivity index (χ0) is 23.5. The largest absolute Gasteiger partial charge is 0.493 e. The van der Waals surface area contributed by atoms with Gasteiger partial charge < -0.3 is 24.7 Å². The van der Waals surface area contributed by atoms with Crippen LogP contribution in [0.15, 0.2) is 30.3 Å². The van der Waals surface area contributed by atoms with Crippen molar-refractivity contribution in [1.82, 2.24) is 4.90 Å². The molecular weight excluding hydrogens is 416 g/mol. The van der Waals surface area contributed by atoms with Crippen molar-refractivity contribution in [3.8, 4) is 23.0 Å². The SMILES string of the molecule is CCCC[C@H]1CN2C[C@H](c3ccc(OC)c(OC)c3)c3cc(OC)c(OC)cc3[C@H]2C[C@@H]1N. The summed E-state index contributed by atoms with van der Waals surface area (Å²) in [4.78, 5) is 2.64. The van der Waals surface area contributed by atoms with Crippen LogP contribution < -0.4 is 24.7 Å². The highest BCUT2D eigenvalue weighted by molar-refractivity contribution is 5.55. The number of methoxy groups -OCH3 is 4. The Morgan fingerprint density at radius 3 is 2.12 bits per heavy atom. The summed E-state index contributed by atoms with van der Waals surface area (Å²) in [6.45, 7) is 4.22. The Balaban J connectivity index is 1.79. The fraction of sp³-hybridized carbons (Fsp3) is 0.556. The highest BCUT2D eigenvalue weighted by Crippen LogP contribution is 2.48. The summed E-state index contributed by atoms with van der Waals surface area (Å²) in [7, 11) is 6.75. The summed E-state index contributed by atoms with van der Waals surface area (Å²) in [5.74, 6) is 3.75. The molecule has 0 saturated carbocycles. The van der Waals surface area contributed by atoms with E-state index in [0.29, 0.717) is 12.0 Å². The van der Waals surface area contributed by atoms with Crippen molar-refractivity contribution in [2.45, 2.75) is 50.6 Å². The number of nitrogens with zero attached hydrogens (tertiary/aromatic N) is 1. The van der Waals surface area contributed by atoms with Gasteiger partial charge in [0, 0.05) is 31.1 Å². The highest BCUT2D eigenvalue weighted by atomic mass is 16.5. The van der Waals surface area contributed by atoms with Crippen LogP contribution in [-0.4, -0.2) is 52.5 Å². The monoisotopic (exact) mass is 454 g/mol. The van der Waals surface area contributed by atoms with Crippen LogP contribution in [0.25, 0.3) is 0 Å². The van der Waals surface area contributed by atoms with E-state index in [1.165, 1.54) is 36.0 Å². The number of rotatable bonds is 8. The fourth-order valence-electron chi connectivity index (χ4n) is 5.65. The van der Waals surface area contributed by atoms with Gasteiger partial charge in [0.15, 0.2) is 23.0 Å². The number of ether oxygens (including phenoxy) is 4. The normalized spacial score (nSPS) is 24.5. The Hall–Kier alpha value is -2.44. The molecule has 2 aliphatic rings. The zero-order valence-corrected chi connectivity index (χ0v) is 20.6. The number of fused-ring (bicyclic) bond motifs is 3. The predicted octanol–water partition coefficient (Wildman–Crippen LogP) is 4.75. The van der Waals surface area contributed by atoms with E-state index in [4.69, 9.17) is 24.7 Å². The van der Waals surface area contributed by atoms with Crippen LogP contribution in [-0.2, 0) is 0 Å². The van der Waals surface area contributed by atoms with Crippen molar-refractivity contribution < 1.29 is 18.9 Å². The van der Waals surface area contributed by atoms with E-state index >= 15 is 0 Å². The van der Waals surface area contributed by atoms with Gasteiger partial charge in [0.25, 0.3) is 0 Å². The van der Waals surface area contributed by atoms with Gasteiger partial charge in [-0.1, -0.05) is 25.8 Å². The molecule has 0 bridgehead atoms. The summed E-state index contributed by atoms with van der Waals surface area (Å²) in [6.07, 6.45) is 4.61. The molecule has 0 radical (unpaired) electrons. The summed E-state index contributed by atoms with van der Waals surface area (Å²) < 4.78 is 22.5. The molecule has 2 aromatic rings. The molecule has 180 valence electrons. The summed E-state index contributed by atoms with van der Waals surface area (Å²) in [5.41, 5.74) is 10.5. The van der Waals surface area contributed by atoms with Gasteiger partial charge in [-0.2, -0.15) is 0 Å². The maximum Gasteiger partial charge on any atom is 0.161 e. The van der Waals surface area contributed by atoms with Crippen LogP contribution in [0.2, 0.25) is 0 Å². The molecule has 0 unspecified atom stereocenters. The standard InChI is InChI=1S/C27H38N2O4/c1-6-7-8-18-15-29-16-21(17-9-10-24(30-2)25(11-17)31-3)19-12-26(32-4)27(33-5)13-20(19)23(29)14-22(18)28/h9-13,18,21-23H,6-8,14-16,28H2,1-5H3/t18-,21+,22-,23+/m0/s1. The molecule has 4 atom stereocenters. The second-order valence-corrected chi connectivity index (χ2v) is 9.27. The molecule has 4 rings (SSSR count).